The Morgan fingerprint density at radius 2 is 2.00 bits per heavy atom. The summed E-state index contributed by atoms with van der Waals surface area (Å²) in [5.74, 6) is -4.20. The van der Waals surface area contributed by atoms with Crippen molar-refractivity contribution < 1.29 is 19.1 Å². The monoisotopic (exact) mass is 325 g/mol. The van der Waals surface area contributed by atoms with Gasteiger partial charge in [0.2, 0.25) is 0 Å². The lowest BCUT2D eigenvalue weighted by Crippen LogP contribution is -2.33. The third kappa shape index (κ3) is 2.94. The number of rotatable bonds is 5. The predicted octanol–water partition coefficient (Wildman–Crippen LogP) is 1.64. The number of pyridine rings is 1. The Morgan fingerprint density at radius 1 is 1.33 bits per heavy atom. The van der Waals surface area contributed by atoms with Crippen LogP contribution in [-0.2, 0) is 14.3 Å². The number of nitrogens with two attached hydrogens (primary N) is 1. The summed E-state index contributed by atoms with van der Waals surface area (Å²) < 4.78 is 4.81. The van der Waals surface area contributed by atoms with E-state index in [0.717, 1.165) is 6.92 Å². The van der Waals surface area contributed by atoms with Crippen molar-refractivity contribution in [1.82, 2.24) is 4.98 Å². The summed E-state index contributed by atoms with van der Waals surface area (Å²) in [6.07, 6.45) is 0. The zero-order chi connectivity index (χ0) is 17.9. The number of carbonyl (C=O) groups excluding carboxylic acids is 3. The minimum absolute atomic E-state index is 0.0280. The van der Waals surface area contributed by atoms with E-state index >= 15 is 0 Å². The van der Waals surface area contributed by atoms with Gasteiger partial charge in [-0.15, -0.1) is 0 Å². The standard InChI is InChI=1S/C17H15N3O4/c1-3-24-17(23)13(9(2)21)15(22)14-10-6-4-5-7-12(10)20-16(19)11(14)8-18/h4-7,13H,3H2,1-2H3,(H2,19,20). The van der Waals surface area contributed by atoms with Crippen LogP contribution in [0, 0.1) is 17.2 Å². The molecule has 7 heteroatoms. The second kappa shape index (κ2) is 6.87. The van der Waals surface area contributed by atoms with E-state index in [1.807, 2.05) is 6.07 Å². The highest BCUT2D eigenvalue weighted by Gasteiger charge is 2.36. The van der Waals surface area contributed by atoms with E-state index < -0.39 is 23.5 Å². The lowest BCUT2D eigenvalue weighted by molar-refractivity contribution is -0.148. The molecule has 122 valence electrons. The Labute approximate surface area is 138 Å². The summed E-state index contributed by atoms with van der Waals surface area (Å²) in [5.41, 5.74) is 5.90. The molecule has 0 fully saturated rings. The molecule has 0 amide bonds. The fourth-order valence-electron chi connectivity index (χ4n) is 2.43. The van der Waals surface area contributed by atoms with Crippen LogP contribution >= 0.6 is 0 Å². The van der Waals surface area contributed by atoms with Crippen molar-refractivity contribution in [2.45, 2.75) is 13.8 Å². The van der Waals surface area contributed by atoms with E-state index in [1.54, 1.807) is 31.2 Å². The molecule has 0 radical (unpaired) electrons. The maximum Gasteiger partial charge on any atom is 0.324 e. The molecule has 0 aliphatic heterocycles. The number of ether oxygens (including phenoxy) is 1. The summed E-state index contributed by atoms with van der Waals surface area (Å²) in [6, 6.07) is 8.39. The van der Waals surface area contributed by atoms with Gasteiger partial charge in [-0.2, -0.15) is 5.26 Å². The average molecular weight is 325 g/mol. The second-order valence-electron chi connectivity index (χ2n) is 5.04. The molecule has 1 aromatic heterocycles. The highest BCUT2D eigenvalue weighted by molar-refractivity contribution is 6.26. The van der Waals surface area contributed by atoms with E-state index in [-0.39, 0.29) is 23.6 Å². The number of nitrogens with zero attached hydrogens (tertiary/aromatic N) is 2. The lowest BCUT2D eigenvalue weighted by atomic mass is 9.89. The van der Waals surface area contributed by atoms with Crippen molar-refractivity contribution in [3.05, 3.63) is 35.4 Å². The van der Waals surface area contributed by atoms with Crippen molar-refractivity contribution in [3.8, 4) is 6.07 Å². The summed E-state index contributed by atoms with van der Waals surface area (Å²) >= 11 is 0. The van der Waals surface area contributed by atoms with Crippen molar-refractivity contribution in [2.75, 3.05) is 12.3 Å². The van der Waals surface area contributed by atoms with Crippen LogP contribution in [0.25, 0.3) is 10.9 Å². The van der Waals surface area contributed by atoms with Gasteiger partial charge in [0.1, 0.15) is 17.5 Å². The quantitative estimate of drug-likeness (QED) is 0.503. The summed E-state index contributed by atoms with van der Waals surface area (Å²) in [6.45, 7) is 2.72. The minimum Gasteiger partial charge on any atom is -0.465 e. The van der Waals surface area contributed by atoms with Crippen molar-refractivity contribution >= 4 is 34.3 Å². The zero-order valence-electron chi connectivity index (χ0n) is 13.2. The van der Waals surface area contributed by atoms with Crippen LogP contribution in [0.1, 0.15) is 29.8 Å². The summed E-state index contributed by atoms with van der Waals surface area (Å²) in [7, 11) is 0. The van der Waals surface area contributed by atoms with Gasteiger partial charge in [-0.3, -0.25) is 14.4 Å². The van der Waals surface area contributed by atoms with Crippen LogP contribution in [0.2, 0.25) is 0 Å². The average Bonchev–Trinajstić information content (AvgIpc) is 2.53. The fraction of sp³-hybridized carbons (Fsp3) is 0.235. The number of fused-ring (bicyclic) bond motifs is 1. The first-order chi connectivity index (χ1) is 11.4. The number of aromatic nitrogens is 1. The highest BCUT2D eigenvalue weighted by Crippen LogP contribution is 2.27. The molecule has 2 N–H and O–H groups in total. The molecule has 7 nitrogen and oxygen atoms in total. The van der Waals surface area contributed by atoms with Crippen LogP contribution < -0.4 is 5.73 Å². The molecule has 2 rings (SSSR count). The van der Waals surface area contributed by atoms with Gasteiger partial charge in [0.15, 0.2) is 17.5 Å². The Hall–Kier alpha value is -3.27. The number of ketones is 2. The first-order valence-corrected chi connectivity index (χ1v) is 7.22. The molecule has 1 heterocycles. The second-order valence-corrected chi connectivity index (χ2v) is 5.04. The van der Waals surface area contributed by atoms with Crippen LogP contribution in [0.5, 0.6) is 0 Å². The summed E-state index contributed by atoms with van der Waals surface area (Å²) in [5, 5.41) is 9.70. The highest BCUT2D eigenvalue weighted by atomic mass is 16.5. The molecule has 0 spiro atoms. The molecule has 1 atom stereocenters. The van der Waals surface area contributed by atoms with Crippen LogP contribution in [-0.4, -0.2) is 29.1 Å². The van der Waals surface area contributed by atoms with Gasteiger partial charge in [-0.25, -0.2) is 4.98 Å². The SMILES string of the molecule is CCOC(=O)C(C(C)=O)C(=O)c1c(C#N)c(N)nc2ccccc12. The smallest absolute Gasteiger partial charge is 0.324 e. The van der Waals surface area contributed by atoms with E-state index in [1.165, 1.54) is 0 Å². The maximum atomic E-state index is 12.9. The van der Waals surface area contributed by atoms with Crippen LogP contribution in [0.3, 0.4) is 0 Å². The van der Waals surface area contributed by atoms with Gasteiger partial charge in [0, 0.05) is 10.9 Å². The lowest BCUT2D eigenvalue weighted by Gasteiger charge is -2.15. The minimum atomic E-state index is -1.64. The van der Waals surface area contributed by atoms with Crippen molar-refractivity contribution in [1.29, 1.82) is 5.26 Å². The molecule has 24 heavy (non-hydrogen) atoms. The van der Waals surface area contributed by atoms with E-state index in [4.69, 9.17) is 10.5 Å². The number of Topliss-reactive ketones (excluding diaryl/α,β-unsaturated/α-hetero) is 2. The first-order valence-electron chi connectivity index (χ1n) is 7.22. The maximum absolute atomic E-state index is 12.9. The number of hydrogen-bond donors (Lipinski definition) is 1. The van der Waals surface area contributed by atoms with Gasteiger partial charge in [-0.05, 0) is 19.9 Å². The number of nitrogen functional groups attached to an aromatic ring is 1. The Bertz CT molecular complexity index is 883. The number of carbonyl (C=O) groups is 3. The largest absolute Gasteiger partial charge is 0.465 e. The van der Waals surface area contributed by atoms with E-state index in [9.17, 15) is 19.6 Å². The molecular formula is C17H15N3O4. The van der Waals surface area contributed by atoms with Gasteiger partial charge < -0.3 is 10.5 Å². The summed E-state index contributed by atoms with van der Waals surface area (Å²) in [4.78, 5) is 40.8. The molecule has 1 aromatic carbocycles. The molecule has 0 bridgehead atoms. The number of esters is 1. The molecule has 0 saturated carbocycles. The molecule has 0 aliphatic rings. The van der Waals surface area contributed by atoms with Gasteiger partial charge in [0.25, 0.3) is 0 Å². The van der Waals surface area contributed by atoms with E-state index in [2.05, 4.69) is 4.98 Å². The number of para-hydroxylation sites is 1. The van der Waals surface area contributed by atoms with Gasteiger partial charge in [-0.1, -0.05) is 18.2 Å². The number of nitriles is 1. The fourth-order valence-corrected chi connectivity index (χ4v) is 2.43. The van der Waals surface area contributed by atoms with Crippen LogP contribution in [0.15, 0.2) is 24.3 Å². The molecule has 0 saturated heterocycles. The third-order valence-electron chi connectivity index (χ3n) is 3.47. The Balaban J connectivity index is 2.74. The predicted molar refractivity (Wildman–Crippen MR) is 86.0 cm³/mol. The van der Waals surface area contributed by atoms with Gasteiger partial charge in [0.05, 0.1) is 12.1 Å². The Morgan fingerprint density at radius 3 is 2.58 bits per heavy atom. The van der Waals surface area contributed by atoms with Crippen molar-refractivity contribution in [2.24, 2.45) is 5.92 Å². The van der Waals surface area contributed by atoms with Crippen LogP contribution in [0.4, 0.5) is 5.82 Å². The van der Waals surface area contributed by atoms with E-state index in [0.29, 0.717) is 10.9 Å². The number of benzene rings is 1. The normalized spacial score (nSPS) is 11.5. The molecule has 0 aliphatic carbocycles. The first kappa shape index (κ1) is 17.1. The molecule has 1 unspecified atom stereocenters. The Kier molecular flexibility index (Phi) is 4.90. The zero-order valence-corrected chi connectivity index (χ0v) is 13.2. The number of hydrogen-bond acceptors (Lipinski definition) is 7. The third-order valence-corrected chi connectivity index (χ3v) is 3.47. The molecular weight excluding hydrogens is 310 g/mol. The topological polar surface area (TPSA) is 123 Å². The van der Waals surface area contributed by atoms with Crippen molar-refractivity contribution in [3.63, 3.8) is 0 Å². The van der Waals surface area contributed by atoms with Gasteiger partial charge >= 0.3 is 5.97 Å². The molecule has 2 aromatic rings. The number of anilines is 1.